The lowest BCUT2D eigenvalue weighted by atomic mass is 10.1. The molecule has 72 valence electrons. The summed E-state index contributed by atoms with van der Waals surface area (Å²) in [6, 6.07) is 0. The van der Waals surface area contributed by atoms with E-state index in [2.05, 4.69) is 6.92 Å². The smallest absolute Gasteiger partial charge is 0.256 e. The van der Waals surface area contributed by atoms with E-state index in [0.717, 1.165) is 25.7 Å². The molecular weight excluding hydrogens is 166 g/mol. The van der Waals surface area contributed by atoms with E-state index in [4.69, 9.17) is 0 Å². The molecule has 13 heavy (non-hydrogen) atoms. The third kappa shape index (κ3) is 2.17. The Hall–Kier alpha value is -1.12. The van der Waals surface area contributed by atoms with Crippen molar-refractivity contribution in [1.29, 1.82) is 0 Å². The number of carbonyl (C=O) groups is 2. The molecular formula is C10H15NO2. The Bertz CT molecular complexity index is 256. The second kappa shape index (κ2) is 4.21. The zero-order valence-electron chi connectivity index (χ0n) is 8.17. The molecule has 1 aliphatic heterocycles. The molecule has 0 aromatic rings. The number of nitrogens with zero attached hydrogens (tertiary/aromatic N) is 1. The van der Waals surface area contributed by atoms with Gasteiger partial charge in [0.2, 0.25) is 0 Å². The van der Waals surface area contributed by atoms with Crippen molar-refractivity contribution in [1.82, 2.24) is 4.90 Å². The number of rotatable bonds is 4. The van der Waals surface area contributed by atoms with Crippen molar-refractivity contribution in [3.05, 3.63) is 11.6 Å². The fourth-order valence-electron chi connectivity index (χ4n) is 1.37. The van der Waals surface area contributed by atoms with Crippen LogP contribution in [0.2, 0.25) is 0 Å². The molecule has 0 N–H and O–H groups in total. The van der Waals surface area contributed by atoms with Crippen LogP contribution in [0.15, 0.2) is 11.6 Å². The minimum absolute atomic E-state index is 0.124. The van der Waals surface area contributed by atoms with Crippen molar-refractivity contribution in [2.45, 2.75) is 32.6 Å². The topological polar surface area (TPSA) is 37.4 Å². The highest BCUT2D eigenvalue weighted by Crippen LogP contribution is 2.17. The number of amides is 2. The van der Waals surface area contributed by atoms with Gasteiger partial charge in [0, 0.05) is 18.7 Å². The predicted molar refractivity (Wildman–Crippen MR) is 50.0 cm³/mol. The van der Waals surface area contributed by atoms with Crippen molar-refractivity contribution in [2.75, 3.05) is 7.05 Å². The average molecular weight is 181 g/mol. The molecule has 0 fully saturated rings. The first-order valence-electron chi connectivity index (χ1n) is 4.69. The van der Waals surface area contributed by atoms with E-state index in [9.17, 15) is 9.59 Å². The highest BCUT2D eigenvalue weighted by atomic mass is 16.2. The van der Waals surface area contributed by atoms with Crippen LogP contribution >= 0.6 is 0 Å². The van der Waals surface area contributed by atoms with Crippen LogP contribution in [0.5, 0.6) is 0 Å². The Labute approximate surface area is 78.4 Å². The van der Waals surface area contributed by atoms with Crippen LogP contribution in [0.25, 0.3) is 0 Å². The maximum Gasteiger partial charge on any atom is 0.256 e. The lowest BCUT2D eigenvalue weighted by molar-refractivity contribution is -0.135. The van der Waals surface area contributed by atoms with E-state index < -0.39 is 0 Å². The van der Waals surface area contributed by atoms with Gasteiger partial charge in [-0.15, -0.1) is 0 Å². The summed E-state index contributed by atoms with van der Waals surface area (Å²) in [5.41, 5.74) is 0.668. The van der Waals surface area contributed by atoms with E-state index >= 15 is 0 Å². The molecule has 3 heteroatoms. The molecule has 0 radical (unpaired) electrons. The van der Waals surface area contributed by atoms with Crippen LogP contribution in [-0.4, -0.2) is 23.8 Å². The second-order valence-electron chi connectivity index (χ2n) is 3.33. The van der Waals surface area contributed by atoms with Gasteiger partial charge < -0.3 is 0 Å². The van der Waals surface area contributed by atoms with Crippen molar-refractivity contribution < 1.29 is 9.59 Å². The highest BCUT2D eigenvalue weighted by molar-refractivity contribution is 6.15. The molecule has 0 saturated heterocycles. The minimum atomic E-state index is -0.184. The lowest BCUT2D eigenvalue weighted by Crippen LogP contribution is -2.26. The zero-order valence-corrected chi connectivity index (χ0v) is 8.17. The summed E-state index contributed by atoms with van der Waals surface area (Å²) in [6.45, 7) is 2.11. The molecule has 0 aliphatic carbocycles. The summed E-state index contributed by atoms with van der Waals surface area (Å²) in [5, 5.41) is 0. The first-order chi connectivity index (χ1) is 6.16. The summed E-state index contributed by atoms with van der Waals surface area (Å²) in [5.74, 6) is -0.308. The summed E-state index contributed by atoms with van der Waals surface area (Å²) in [7, 11) is 1.52. The Morgan fingerprint density at radius 1 is 1.31 bits per heavy atom. The van der Waals surface area contributed by atoms with Crippen LogP contribution in [-0.2, 0) is 9.59 Å². The normalized spacial score (nSPS) is 16.8. The maximum absolute atomic E-state index is 11.3. The lowest BCUT2D eigenvalue weighted by Gasteiger charge is -2.06. The van der Waals surface area contributed by atoms with Gasteiger partial charge in [-0.25, -0.2) is 0 Å². The Morgan fingerprint density at radius 2 is 2.00 bits per heavy atom. The van der Waals surface area contributed by atoms with Crippen molar-refractivity contribution >= 4 is 11.8 Å². The van der Waals surface area contributed by atoms with Crippen LogP contribution in [0.3, 0.4) is 0 Å². The number of hydrogen-bond donors (Lipinski definition) is 0. The molecule has 1 aliphatic rings. The number of imide groups is 1. The van der Waals surface area contributed by atoms with E-state index in [1.165, 1.54) is 18.0 Å². The third-order valence-corrected chi connectivity index (χ3v) is 2.26. The van der Waals surface area contributed by atoms with Crippen molar-refractivity contribution in [2.24, 2.45) is 0 Å². The van der Waals surface area contributed by atoms with Gasteiger partial charge in [-0.2, -0.15) is 0 Å². The van der Waals surface area contributed by atoms with Gasteiger partial charge in [0.15, 0.2) is 0 Å². The van der Waals surface area contributed by atoms with Crippen LogP contribution in [0.4, 0.5) is 0 Å². The molecule has 0 unspecified atom stereocenters. The van der Waals surface area contributed by atoms with E-state index in [-0.39, 0.29) is 11.8 Å². The van der Waals surface area contributed by atoms with E-state index in [0.29, 0.717) is 5.57 Å². The number of likely N-dealkylation sites (N-methyl/N-ethyl adjacent to an activating group) is 1. The molecule has 0 aromatic carbocycles. The van der Waals surface area contributed by atoms with Gasteiger partial charge in [0.1, 0.15) is 0 Å². The van der Waals surface area contributed by atoms with E-state index in [1.807, 2.05) is 0 Å². The van der Waals surface area contributed by atoms with Gasteiger partial charge in [-0.3, -0.25) is 14.5 Å². The van der Waals surface area contributed by atoms with Crippen LogP contribution < -0.4 is 0 Å². The predicted octanol–water partition coefficient (Wildman–Crippen LogP) is 1.49. The van der Waals surface area contributed by atoms with Crippen LogP contribution in [0, 0.1) is 0 Å². The molecule has 1 heterocycles. The number of unbranched alkanes of at least 4 members (excludes halogenated alkanes) is 2. The number of hydrogen-bond acceptors (Lipinski definition) is 2. The SMILES string of the molecule is CCCCCC1=CC(=O)N(C)C1=O. The van der Waals surface area contributed by atoms with Gasteiger partial charge in [-0.1, -0.05) is 19.8 Å². The fraction of sp³-hybridized carbons (Fsp3) is 0.600. The van der Waals surface area contributed by atoms with Gasteiger partial charge >= 0.3 is 0 Å². The van der Waals surface area contributed by atoms with Gasteiger partial charge in [0.05, 0.1) is 0 Å². The summed E-state index contributed by atoms with van der Waals surface area (Å²) >= 11 is 0. The van der Waals surface area contributed by atoms with Crippen molar-refractivity contribution in [3.63, 3.8) is 0 Å². The zero-order chi connectivity index (χ0) is 9.84. The van der Waals surface area contributed by atoms with Gasteiger partial charge in [0.25, 0.3) is 11.8 Å². The average Bonchev–Trinajstić information content (AvgIpc) is 2.34. The molecule has 0 atom stereocenters. The fourth-order valence-corrected chi connectivity index (χ4v) is 1.37. The minimum Gasteiger partial charge on any atom is -0.278 e. The molecule has 0 bridgehead atoms. The highest BCUT2D eigenvalue weighted by Gasteiger charge is 2.26. The molecule has 0 spiro atoms. The number of carbonyl (C=O) groups excluding carboxylic acids is 2. The molecule has 0 saturated carbocycles. The summed E-state index contributed by atoms with van der Waals surface area (Å²) < 4.78 is 0. The standard InChI is InChI=1S/C10H15NO2/c1-3-4-5-6-8-7-9(12)11(2)10(8)13/h7H,3-6H2,1-2H3. The molecule has 1 rings (SSSR count). The van der Waals surface area contributed by atoms with Crippen molar-refractivity contribution in [3.8, 4) is 0 Å². The Balaban J connectivity index is 2.47. The summed E-state index contributed by atoms with van der Waals surface area (Å²) in [4.78, 5) is 23.6. The maximum atomic E-state index is 11.3. The molecule has 0 aromatic heterocycles. The first-order valence-corrected chi connectivity index (χ1v) is 4.69. The Morgan fingerprint density at radius 3 is 2.46 bits per heavy atom. The molecule has 2 amide bonds. The summed E-state index contributed by atoms with van der Waals surface area (Å²) in [6.07, 6.45) is 5.43. The third-order valence-electron chi connectivity index (χ3n) is 2.26. The second-order valence-corrected chi connectivity index (χ2v) is 3.33. The molecule has 3 nitrogen and oxygen atoms in total. The first kappa shape index (κ1) is 9.96. The van der Waals surface area contributed by atoms with Crippen LogP contribution in [0.1, 0.15) is 32.6 Å². The largest absolute Gasteiger partial charge is 0.278 e. The quantitative estimate of drug-likeness (QED) is 0.486. The Kier molecular flexibility index (Phi) is 3.23. The van der Waals surface area contributed by atoms with Gasteiger partial charge in [-0.05, 0) is 12.8 Å². The monoisotopic (exact) mass is 181 g/mol. The van der Waals surface area contributed by atoms with E-state index in [1.54, 1.807) is 0 Å².